The first-order chi connectivity index (χ1) is 22.7. The molecule has 4 aromatic rings. The van der Waals surface area contributed by atoms with Crippen LogP contribution in [0.3, 0.4) is 0 Å². The zero-order valence-corrected chi connectivity index (χ0v) is 27.0. The molecule has 2 fully saturated rings. The van der Waals surface area contributed by atoms with Crippen molar-refractivity contribution in [2.45, 2.75) is 64.2 Å². The van der Waals surface area contributed by atoms with E-state index in [1.807, 2.05) is 18.7 Å². The number of aromatic amines is 2. The van der Waals surface area contributed by atoms with Crippen LogP contribution in [0.4, 0.5) is 4.79 Å². The summed E-state index contributed by atoms with van der Waals surface area (Å²) in [4.78, 5) is 57.2. The van der Waals surface area contributed by atoms with Gasteiger partial charge in [-0.3, -0.25) is 9.59 Å². The number of rotatable bonds is 9. The third-order valence-corrected chi connectivity index (χ3v) is 9.10. The van der Waals surface area contributed by atoms with Gasteiger partial charge in [-0.05, 0) is 53.9 Å². The molecule has 0 radical (unpaired) electrons. The number of aromatic nitrogens is 4. The van der Waals surface area contributed by atoms with Crippen LogP contribution in [-0.2, 0) is 20.9 Å². The van der Waals surface area contributed by atoms with E-state index in [2.05, 4.69) is 73.8 Å². The zero-order valence-electron chi connectivity index (χ0n) is 27.0. The van der Waals surface area contributed by atoms with Crippen LogP contribution in [0, 0.1) is 5.92 Å². The van der Waals surface area contributed by atoms with Crippen molar-refractivity contribution in [2.24, 2.45) is 11.7 Å². The largest absolute Gasteiger partial charge is 0.453 e. The molecule has 2 unspecified atom stereocenters. The highest BCUT2D eigenvalue weighted by molar-refractivity contribution is 5.86. The minimum Gasteiger partial charge on any atom is -0.453 e. The first-order valence-electron chi connectivity index (χ1n) is 16.2. The molecule has 0 saturated carbocycles. The summed E-state index contributed by atoms with van der Waals surface area (Å²) in [5.41, 5.74) is 11.9. The number of nitrogens with one attached hydrogen (secondary N) is 3. The Morgan fingerprint density at radius 2 is 1.51 bits per heavy atom. The van der Waals surface area contributed by atoms with Crippen molar-refractivity contribution >= 4 is 17.9 Å². The molecule has 47 heavy (non-hydrogen) atoms. The van der Waals surface area contributed by atoms with Crippen LogP contribution in [0.2, 0.25) is 0 Å². The molecule has 6 rings (SSSR count). The molecule has 0 spiro atoms. The Labute approximate surface area is 274 Å². The number of methoxy groups -OCH3 is 1. The Morgan fingerprint density at radius 3 is 2.15 bits per heavy atom. The fourth-order valence-electron chi connectivity index (χ4n) is 6.43. The van der Waals surface area contributed by atoms with Crippen LogP contribution in [0.5, 0.6) is 0 Å². The normalized spacial score (nSPS) is 18.9. The molecular formula is C35H42N8O4. The van der Waals surface area contributed by atoms with Gasteiger partial charge in [0.15, 0.2) is 0 Å². The number of benzene rings is 2. The number of piperidine rings is 1. The lowest BCUT2D eigenvalue weighted by molar-refractivity contribution is -0.136. The van der Waals surface area contributed by atoms with Gasteiger partial charge in [-0.15, -0.1) is 0 Å². The lowest BCUT2D eigenvalue weighted by atomic mass is 10.0. The van der Waals surface area contributed by atoms with E-state index >= 15 is 0 Å². The van der Waals surface area contributed by atoms with Gasteiger partial charge >= 0.3 is 6.09 Å². The van der Waals surface area contributed by atoms with Gasteiger partial charge < -0.3 is 35.6 Å². The Kier molecular flexibility index (Phi) is 9.39. The number of hydrogen-bond acceptors (Lipinski definition) is 7. The number of nitrogens with two attached hydrogens (primary N) is 1. The fraction of sp³-hybridized carbons (Fsp3) is 0.400. The molecule has 0 bridgehead atoms. The molecule has 12 heteroatoms. The number of alkyl carbamates (subject to hydrolysis) is 1. The van der Waals surface area contributed by atoms with E-state index in [0.717, 1.165) is 71.0 Å². The van der Waals surface area contributed by atoms with Gasteiger partial charge in [0.2, 0.25) is 11.8 Å². The van der Waals surface area contributed by atoms with Crippen molar-refractivity contribution in [3.8, 4) is 33.6 Å². The summed E-state index contributed by atoms with van der Waals surface area (Å²) >= 11 is 0. The minimum atomic E-state index is -0.674. The van der Waals surface area contributed by atoms with Gasteiger partial charge in [0, 0.05) is 13.1 Å². The van der Waals surface area contributed by atoms with E-state index in [-0.39, 0.29) is 23.8 Å². The predicted molar refractivity (Wildman–Crippen MR) is 178 cm³/mol. The molecular weight excluding hydrogens is 596 g/mol. The third-order valence-electron chi connectivity index (χ3n) is 9.10. The topological polar surface area (TPSA) is 162 Å². The summed E-state index contributed by atoms with van der Waals surface area (Å²) in [6.45, 7) is 5.55. The molecule has 2 saturated heterocycles. The number of H-pyrrole nitrogens is 2. The molecule has 12 nitrogen and oxygen atoms in total. The first kappa shape index (κ1) is 32.0. The minimum absolute atomic E-state index is 0.0175. The van der Waals surface area contributed by atoms with E-state index in [4.69, 9.17) is 10.5 Å². The Balaban J connectivity index is 1.10. The summed E-state index contributed by atoms with van der Waals surface area (Å²) in [5.74, 6) is 1.24. The summed E-state index contributed by atoms with van der Waals surface area (Å²) in [7, 11) is 1.29. The highest BCUT2D eigenvalue weighted by Gasteiger charge is 2.37. The summed E-state index contributed by atoms with van der Waals surface area (Å²) in [6, 6.07) is 15.3. The molecule has 246 valence electrons. The lowest BCUT2D eigenvalue weighted by Crippen LogP contribution is -2.51. The number of nitrogens with zero attached hydrogens (tertiary/aromatic N) is 4. The van der Waals surface area contributed by atoms with Crippen LogP contribution in [0.15, 0.2) is 60.9 Å². The number of hydrogen-bond donors (Lipinski definition) is 4. The molecule has 4 heterocycles. The van der Waals surface area contributed by atoms with Gasteiger partial charge in [0.05, 0.1) is 49.5 Å². The molecule has 2 aromatic heterocycles. The second-order valence-corrected chi connectivity index (χ2v) is 12.6. The molecule has 2 aliphatic rings. The number of carbonyl (C=O) groups is 3. The van der Waals surface area contributed by atoms with Crippen molar-refractivity contribution in [3.63, 3.8) is 0 Å². The van der Waals surface area contributed by atoms with Crippen molar-refractivity contribution in [3.05, 3.63) is 72.6 Å². The summed E-state index contributed by atoms with van der Waals surface area (Å²) in [5, 5.41) is 2.69. The molecule has 2 aliphatic heterocycles. The van der Waals surface area contributed by atoms with E-state index in [0.29, 0.717) is 19.6 Å². The van der Waals surface area contributed by atoms with E-state index < -0.39 is 18.2 Å². The number of imidazole rings is 2. The van der Waals surface area contributed by atoms with Crippen molar-refractivity contribution < 1.29 is 19.1 Å². The molecule has 0 aliphatic carbocycles. The number of carbonyl (C=O) groups excluding carboxylic acids is 3. The van der Waals surface area contributed by atoms with Gasteiger partial charge in [0.1, 0.15) is 17.7 Å². The van der Waals surface area contributed by atoms with Gasteiger partial charge in [-0.25, -0.2) is 14.8 Å². The summed E-state index contributed by atoms with van der Waals surface area (Å²) in [6.07, 6.45) is 6.29. The second-order valence-electron chi connectivity index (χ2n) is 12.6. The SMILES string of the molecule is COC(=O)NC(C(=O)N1CCC[C@H]1c1ncc(-c2ccc(-c3ccc(-c4cnc(CN5CCCC(N)C5=O)[nH]4)cc3)cc2)[nH]1)C(C)C. The number of amides is 3. The van der Waals surface area contributed by atoms with Crippen LogP contribution < -0.4 is 11.1 Å². The lowest BCUT2D eigenvalue weighted by Gasteiger charge is -2.30. The molecule has 5 N–H and O–H groups in total. The second kappa shape index (κ2) is 13.8. The van der Waals surface area contributed by atoms with Crippen LogP contribution in [-0.4, -0.2) is 79.9 Å². The van der Waals surface area contributed by atoms with Crippen molar-refractivity contribution in [1.29, 1.82) is 0 Å². The Hall–Kier alpha value is -4.97. The standard InChI is InChI=1S/C35H42N8O4/c1-21(2)31(41-35(46)47-3)34(45)43-17-5-7-29(43)32-38-19-28(40-32)25-14-10-23(11-15-25)22-8-12-24(13-9-22)27-18-37-30(39-27)20-42-16-4-6-26(36)33(42)44/h8-15,18-19,21,26,29,31H,4-7,16-17,20,36H2,1-3H3,(H,37,39)(H,38,40)(H,41,46)/t26?,29-,31?/m0/s1. The third kappa shape index (κ3) is 6.92. The van der Waals surface area contributed by atoms with Gasteiger partial charge in [0.25, 0.3) is 0 Å². The molecule has 3 atom stereocenters. The van der Waals surface area contributed by atoms with Gasteiger partial charge in [-0.2, -0.15) is 0 Å². The van der Waals surface area contributed by atoms with E-state index in [9.17, 15) is 14.4 Å². The zero-order chi connectivity index (χ0) is 33.1. The first-order valence-corrected chi connectivity index (χ1v) is 16.2. The smallest absolute Gasteiger partial charge is 0.407 e. The summed E-state index contributed by atoms with van der Waals surface area (Å²) < 4.78 is 4.74. The maximum atomic E-state index is 13.5. The number of likely N-dealkylation sites (tertiary alicyclic amines) is 2. The van der Waals surface area contributed by atoms with Gasteiger partial charge in [-0.1, -0.05) is 62.4 Å². The number of ether oxygens (including phenoxy) is 1. The van der Waals surface area contributed by atoms with Crippen LogP contribution in [0.25, 0.3) is 33.6 Å². The van der Waals surface area contributed by atoms with Crippen molar-refractivity contribution in [2.75, 3.05) is 20.2 Å². The maximum Gasteiger partial charge on any atom is 0.407 e. The average molecular weight is 639 g/mol. The average Bonchev–Trinajstić information content (AvgIpc) is 3.87. The maximum absolute atomic E-state index is 13.5. The van der Waals surface area contributed by atoms with E-state index in [1.54, 1.807) is 17.3 Å². The highest BCUT2D eigenvalue weighted by Crippen LogP contribution is 2.33. The molecule has 2 aromatic carbocycles. The van der Waals surface area contributed by atoms with Crippen LogP contribution in [0.1, 0.15) is 57.2 Å². The predicted octanol–water partition coefficient (Wildman–Crippen LogP) is 4.63. The fourth-order valence-corrected chi connectivity index (χ4v) is 6.43. The van der Waals surface area contributed by atoms with Crippen LogP contribution >= 0.6 is 0 Å². The van der Waals surface area contributed by atoms with Crippen molar-refractivity contribution in [1.82, 2.24) is 35.1 Å². The Bertz CT molecular complexity index is 1710. The quantitative estimate of drug-likeness (QED) is 0.208. The Morgan fingerprint density at radius 1 is 0.915 bits per heavy atom. The monoisotopic (exact) mass is 638 g/mol. The van der Waals surface area contributed by atoms with E-state index in [1.165, 1.54) is 7.11 Å². The highest BCUT2D eigenvalue weighted by atomic mass is 16.5. The molecule has 3 amide bonds.